The van der Waals surface area contributed by atoms with E-state index in [1.165, 1.54) is 12.2 Å². The second kappa shape index (κ2) is 13.2. The van der Waals surface area contributed by atoms with Crippen LogP contribution in [-0.4, -0.2) is 57.7 Å². The quantitative estimate of drug-likeness (QED) is 0.179. The molecule has 0 bridgehead atoms. The molecule has 0 aromatic heterocycles. The summed E-state index contributed by atoms with van der Waals surface area (Å²) in [7, 11) is 0. The number of rotatable bonds is 12. The van der Waals surface area contributed by atoms with E-state index >= 15 is 4.39 Å². The first kappa shape index (κ1) is 35.4. The van der Waals surface area contributed by atoms with E-state index in [4.69, 9.17) is 9.47 Å². The summed E-state index contributed by atoms with van der Waals surface area (Å²) in [6, 6.07) is 6.35. The van der Waals surface area contributed by atoms with E-state index in [1.54, 1.807) is 51.1 Å². The number of carbonyl (C=O) groups is 4. The van der Waals surface area contributed by atoms with Crippen molar-refractivity contribution >= 4 is 23.5 Å². The van der Waals surface area contributed by atoms with Gasteiger partial charge in [0.1, 0.15) is 6.61 Å². The summed E-state index contributed by atoms with van der Waals surface area (Å²) in [5, 5.41) is 21.3. The molecule has 1 aromatic carbocycles. The first-order chi connectivity index (χ1) is 22.6. The maximum atomic E-state index is 17.7. The van der Waals surface area contributed by atoms with Crippen LogP contribution in [0.15, 0.2) is 48.1 Å². The first-order valence-corrected chi connectivity index (χ1v) is 16.7. The van der Waals surface area contributed by atoms with Gasteiger partial charge in [-0.1, -0.05) is 63.1 Å². The number of fused-ring (bicyclic) bond motifs is 5. The SMILES string of the molecule is CCCCC(=O)O[C@]1(C(=O)COC(=O)Cc2ccc(CO[N+](=O)[O-])cc2)[C@@H](C)C[C@H]2C3CCC4=CC(=O)C=C[C@]4(C)[C@@]3(F)[C@@H](O)C[C@@]21C. The van der Waals surface area contributed by atoms with Gasteiger partial charge in [0.2, 0.25) is 5.78 Å². The molecule has 0 heterocycles. The molecule has 4 aliphatic carbocycles. The average molecular weight is 670 g/mol. The van der Waals surface area contributed by atoms with Crippen molar-refractivity contribution in [3.63, 3.8) is 0 Å². The third-order valence-corrected chi connectivity index (χ3v) is 11.7. The van der Waals surface area contributed by atoms with E-state index in [0.29, 0.717) is 42.4 Å². The first-order valence-electron chi connectivity index (χ1n) is 16.7. The van der Waals surface area contributed by atoms with Crippen molar-refractivity contribution in [2.24, 2.45) is 28.6 Å². The molecule has 1 N–H and O–H groups in total. The number of hydrogen-bond acceptors (Lipinski definition) is 10. The molecule has 0 radical (unpaired) electrons. The van der Waals surface area contributed by atoms with Crippen LogP contribution in [-0.2, 0) is 46.5 Å². The van der Waals surface area contributed by atoms with Crippen molar-refractivity contribution < 1.29 is 48.1 Å². The minimum Gasteiger partial charge on any atom is -0.457 e. The molecule has 3 saturated carbocycles. The van der Waals surface area contributed by atoms with Crippen molar-refractivity contribution in [2.45, 2.75) is 103 Å². The summed E-state index contributed by atoms with van der Waals surface area (Å²) in [4.78, 5) is 67.6. The highest BCUT2D eigenvalue weighted by molar-refractivity contribution is 6.01. The fraction of sp³-hybridized carbons (Fsp3) is 0.611. The Morgan fingerprint density at radius 3 is 2.46 bits per heavy atom. The molecular formula is C36H44FNO10. The van der Waals surface area contributed by atoms with Gasteiger partial charge < -0.3 is 19.4 Å². The minimum absolute atomic E-state index is 0.0750. The Bertz CT molecular complexity index is 1540. The molecule has 4 aliphatic rings. The van der Waals surface area contributed by atoms with E-state index in [1.807, 2.05) is 6.92 Å². The van der Waals surface area contributed by atoms with Crippen molar-refractivity contribution in [3.8, 4) is 0 Å². The lowest BCUT2D eigenvalue weighted by atomic mass is 9.44. The summed E-state index contributed by atoms with van der Waals surface area (Å²) in [5.74, 6) is -3.84. The molecule has 260 valence electrons. The predicted molar refractivity (Wildman–Crippen MR) is 169 cm³/mol. The zero-order chi connectivity index (χ0) is 35.1. The zero-order valence-corrected chi connectivity index (χ0v) is 27.9. The molecule has 12 heteroatoms. The number of ether oxygens (including phenoxy) is 2. The number of nitrogens with zero attached hydrogens (tertiary/aromatic N) is 1. The molecule has 3 fully saturated rings. The zero-order valence-electron chi connectivity index (χ0n) is 27.9. The minimum atomic E-state index is -2.12. The number of allylic oxidation sites excluding steroid dienone is 4. The Morgan fingerprint density at radius 1 is 1.10 bits per heavy atom. The number of ketones is 2. The molecule has 1 unspecified atom stereocenters. The molecule has 8 atom stereocenters. The second-order valence-electron chi connectivity index (χ2n) is 14.3. The topological polar surface area (TPSA) is 159 Å². The Labute approximate surface area is 279 Å². The molecule has 5 rings (SSSR count). The van der Waals surface area contributed by atoms with Crippen LogP contribution in [0.5, 0.6) is 0 Å². The lowest BCUT2D eigenvalue weighted by Crippen LogP contribution is -2.70. The van der Waals surface area contributed by atoms with E-state index in [-0.39, 0.29) is 31.7 Å². The lowest BCUT2D eigenvalue weighted by Gasteiger charge is -2.62. The fourth-order valence-corrected chi connectivity index (χ4v) is 9.30. The van der Waals surface area contributed by atoms with Crippen LogP contribution in [0.4, 0.5) is 4.39 Å². The largest absolute Gasteiger partial charge is 0.457 e. The Kier molecular flexibility index (Phi) is 9.71. The van der Waals surface area contributed by atoms with Crippen LogP contribution in [0.25, 0.3) is 0 Å². The Morgan fingerprint density at radius 2 is 1.79 bits per heavy atom. The summed E-state index contributed by atoms with van der Waals surface area (Å²) in [5.41, 5.74) is -4.57. The summed E-state index contributed by atoms with van der Waals surface area (Å²) < 4.78 is 29.4. The smallest absolute Gasteiger partial charge is 0.310 e. The standard InChI is InChI=1S/C36H44FNO10/c1-5-6-7-31(42)48-36(30(41)21-46-32(43)17-23-8-10-24(11-9-23)20-47-38(44)45)22(2)16-28-27-13-12-25-18-26(39)14-15-33(25,3)35(27,37)29(40)19-34(28,36)4/h8-11,14-15,18,22,27-29,40H,5-7,12-13,16-17,19-21H2,1-4H3/t22-,27?,28-,29-,33-,34-,35-,36-/m0/s1. The maximum absolute atomic E-state index is 17.7. The fourth-order valence-electron chi connectivity index (χ4n) is 9.30. The summed E-state index contributed by atoms with van der Waals surface area (Å²) >= 11 is 0. The van der Waals surface area contributed by atoms with Gasteiger partial charge in [0.05, 0.1) is 12.5 Å². The van der Waals surface area contributed by atoms with Gasteiger partial charge in [-0.2, -0.15) is 0 Å². The monoisotopic (exact) mass is 669 g/mol. The summed E-state index contributed by atoms with van der Waals surface area (Å²) in [6.45, 7) is 6.30. The molecule has 48 heavy (non-hydrogen) atoms. The van der Waals surface area contributed by atoms with E-state index in [0.717, 1.165) is 6.42 Å². The highest BCUT2D eigenvalue weighted by Crippen LogP contribution is 2.71. The van der Waals surface area contributed by atoms with Gasteiger partial charge in [0.15, 0.2) is 23.7 Å². The number of aliphatic hydroxyl groups excluding tert-OH is 1. The van der Waals surface area contributed by atoms with Crippen LogP contribution >= 0.6 is 0 Å². The maximum Gasteiger partial charge on any atom is 0.310 e. The van der Waals surface area contributed by atoms with Gasteiger partial charge in [0.25, 0.3) is 5.09 Å². The number of aliphatic hydroxyl groups is 1. The van der Waals surface area contributed by atoms with Crippen molar-refractivity contribution in [3.05, 3.63) is 69.3 Å². The molecule has 0 spiro atoms. The lowest BCUT2D eigenvalue weighted by molar-refractivity contribution is -0.763. The number of Topliss-reactive ketones (excluding diaryl/α,β-unsaturated/α-hetero) is 1. The molecular weight excluding hydrogens is 625 g/mol. The predicted octanol–water partition coefficient (Wildman–Crippen LogP) is 5.14. The van der Waals surface area contributed by atoms with Gasteiger partial charge in [-0.3, -0.25) is 19.2 Å². The van der Waals surface area contributed by atoms with E-state index in [2.05, 4.69) is 4.84 Å². The van der Waals surface area contributed by atoms with Crippen LogP contribution < -0.4 is 0 Å². The Hall–Kier alpha value is -3.93. The number of hydrogen-bond donors (Lipinski definition) is 1. The third kappa shape index (κ3) is 5.75. The van der Waals surface area contributed by atoms with E-state index in [9.17, 15) is 34.4 Å². The number of carbonyl (C=O) groups excluding carboxylic acids is 4. The number of halogens is 1. The molecule has 11 nitrogen and oxygen atoms in total. The summed E-state index contributed by atoms with van der Waals surface area (Å²) in [6.07, 6.45) is 4.98. The normalized spacial score (nSPS) is 35.0. The Balaban J connectivity index is 1.40. The second-order valence-corrected chi connectivity index (χ2v) is 14.3. The third-order valence-electron chi connectivity index (χ3n) is 11.7. The number of alkyl halides is 1. The molecule has 1 aromatic rings. The highest BCUT2D eigenvalue weighted by atomic mass is 19.1. The average Bonchev–Trinajstić information content (AvgIpc) is 3.25. The van der Waals surface area contributed by atoms with Gasteiger partial charge in [-0.05, 0) is 68.2 Å². The molecule has 0 amide bonds. The van der Waals surface area contributed by atoms with Gasteiger partial charge in [0, 0.05) is 29.1 Å². The molecule has 0 saturated heterocycles. The van der Waals surface area contributed by atoms with Crippen LogP contribution in [0, 0.1) is 38.7 Å². The van der Waals surface area contributed by atoms with Crippen LogP contribution in [0.2, 0.25) is 0 Å². The highest BCUT2D eigenvalue weighted by Gasteiger charge is 2.77. The number of unbranched alkanes of at least 4 members (excludes halogenated alkanes) is 1. The van der Waals surface area contributed by atoms with Gasteiger partial charge >= 0.3 is 11.9 Å². The van der Waals surface area contributed by atoms with Crippen LogP contribution in [0.3, 0.4) is 0 Å². The van der Waals surface area contributed by atoms with Crippen molar-refractivity contribution in [1.29, 1.82) is 0 Å². The van der Waals surface area contributed by atoms with Crippen molar-refractivity contribution in [2.75, 3.05) is 6.61 Å². The van der Waals surface area contributed by atoms with E-state index < -0.39 is 75.4 Å². The van der Waals surface area contributed by atoms with Crippen LogP contribution in [0.1, 0.15) is 83.8 Å². The van der Waals surface area contributed by atoms with Gasteiger partial charge in [-0.25, -0.2) is 4.39 Å². The van der Waals surface area contributed by atoms with Crippen molar-refractivity contribution in [1.82, 2.24) is 0 Å². The number of benzene rings is 1. The number of esters is 2. The van der Waals surface area contributed by atoms with Gasteiger partial charge in [-0.15, -0.1) is 10.1 Å². The molecule has 0 aliphatic heterocycles.